The molecule has 1 aliphatic heterocycles. The third kappa shape index (κ3) is 3.23. The normalized spacial score (nSPS) is 22.9. The molecule has 3 nitrogen and oxygen atoms in total. The van der Waals surface area contributed by atoms with Gasteiger partial charge in [-0.2, -0.15) is 0 Å². The summed E-state index contributed by atoms with van der Waals surface area (Å²) in [6.07, 6.45) is 2.15. The average molecular weight is 201 g/mol. The van der Waals surface area contributed by atoms with E-state index in [4.69, 9.17) is 9.84 Å². The first-order valence-corrected chi connectivity index (χ1v) is 5.56. The van der Waals surface area contributed by atoms with Gasteiger partial charge < -0.3 is 14.7 Å². The molecular weight excluding hydrogens is 178 g/mol. The van der Waals surface area contributed by atoms with E-state index in [0.717, 1.165) is 25.9 Å². The van der Waals surface area contributed by atoms with Gasteiger partial charge in [0, 0.05) is 19.1 Å². The van der Waals surface area contributed by atoms with Crippen molar-refractivity contribution < 1.29 is 9.84 Å². The highest BCUT2D eigenvalue weighted by atomic mass is 16.5. The monoisotopic (exact) mass is 201 g/mol. The lowest BCUT2D eigenvalue weighted by Gasteiger charge is -2.40. The Morgan fingerprint density at radius 2 is 1.93 bits per heavy atom. The fourth-order valence-electron chi connectivity index (χ4n) is 1.95. The van der Waals surface area contributed by atoms with E-state index in [9.17, 15) is 0 Å². The Labute approximate surface area is 87.1 Å². The number of nitrogens with zero attached hydrogens (tertiary/aromatic N) is 1. The van der Waals surface area contributed by atoms with Gasteiger partial charge in [-0.3, -0.25) is 0 Å². The summed E-state index contributed by atoms with van der Waals surface area (Å²) in [6, 6.07) is 0.636. The van der Waals surface area contributed by atoms with Gasteiger partial charge in [-0.1, -0.05) is 0 Å². The highest BCUT2D eigenvalue weighted by molar-refractivity contribution is 4.84. The van der Waals surface area contributed by atoms with Crippen LogP contribution in [-0.2, 0) is 4.74 Å². The van der Waals surface area contributed by atoms with Crippen LogP contribution in [0.2, 0.25) is 0 Å². The Balaban J connectivity index is 2.33. The minimum absolute atomic E-state index is 0.00583. The molecular formula is C11H23NO2. The molecule has 1 N–H and O–H groups in total. The molecule has 84 valence electrons. The largest absolute Gasteiger partial charge is 0.394 e. The second kappa shape index (κ2) is 5.10. The summed E-state index contributed by atoms with van der Waals surface area (Å²) in [6.45, 7) is 9.44. The van der Waals surface area contributed by atoms with Crippen molar-refractivity contribution in [1.29, 1.82) is 0 Å². The van der Waals surface area contributed by atoms with Crippen LogP contribution in [0.4, 0.5) is 0 Å². The Morgan fingerprint density at radius 3 is 2.36 bits per heavy atom. The zero-order valence-electron chi connectivity index (χ0n) is 9.62. The molecule has 1 saturated heterocycles. The van der Waals surface area contributed by atoms with Crippen LogP contribution in [0, 0.1) is 0 Å². The van der Waals surface area contributed by atoms with E-state index in [1.165, 1.54) is 0 Å². The molecule has 1 rings (SSSR count). The molecule has 0 saturated carbocycles. The first-order chi connectivity index (χ1) is 6.57. The van der Waals surface area contributed by atoms with Crippen LogP contribution < -0.4 is 0 Å². The van der Waals surface area contributed by atoms with Gasteiger partial charge in [-0.05, 0) is 33.6 Å². The maximum atomic E-state index is 8.72. The Morgan fingerprint density at radius 1 is 1.36 bits per heavy atom. The molecule has 1 fully saturated rings. The number of hydrogen-bond donors (Lipinski definition) is 1. The predicted octanol–water partition coefficient (Wildman–Crippen LogP) is 1.26. The molecule has 14 heavy (non-hydrogen) atoms. The Hall–Kier alpha value is -0.120. The van der Waals surface area contributed by atoms with Crippen molar-refractivity contribution in [2.45, 2.75) is 45.3 Å². The van der Waals surface area contributed by atoms with Crippen LogP contribution in [0.3, 0.4) is 0 Å². The molecule has 0 aromatic carbocycles. The van der Waals surface area contributed by atoms with Gasteiger partial charge in [-0.25, -0.2) is 0 Å². The minimum Gasteiger partial charge on any atom is -0.394 e. The van der Waals surface area contributed by atoms with Crippen molar-refractivity contribution in [2.75, 3.05) is 26.3 Å². The van der Waals surface area contributed by atoms with Crippen LogP contribution in [0.25, 0.3) is 0 Å². The predicted molar refractivity (Wildman–Crippen MR) is 57.4 cm³/mol. The minimum atomic E-state index is -0.00583. The fourth-order valence-corrected chi connectivity index (χ4v) is 1.95. The third-order valence-electron chi connectivity index (χ3n) is 3.13. The first kappa shape index (κ1) is 12.0. The second-order valence-corrected chi connectivity index (χ2v) is 4.65. The molecule has 0 amide bonds. The summed E-state index contributed by atoms with van der Waals surface area (Å²) in [4.78, 5) is 2.48. The molecule has 3 heteroatoms. The van der Waals surface area contributed by atoms with Gasteiger partial charge in [0.1, 0.15) is 0 Å². The van der Waals surface area contributed by atoms with E-state index in [2.05, 4.69) is 25.7 Å². The van der Waals surface area contributed by atoms with Crippen molar-refractivity contribution in [2.24, 2.45) is 0 Å². The number of aliphatic hydroxyl groups is 1. The maximum absolute atomic E-state index is 8.72. The van der Waals surface area contributed by atoms with E-state index in [1.54, 1.807) is 0 Å². The van der Waals surface area contributed by atoms with Crippen LogP contribution in [-0.4, -0.2) is 48.0 Å². The third-order valence-corrected chi connectivity index (χ3v) is 3.13. The lowest BCUT2D eigenvalue weighted by molar-refractivity contribution is -0.0836. The summed E-state index contributed by atoms with van der Waals surface area (Å²) < 4.78 is 5.67. The van der Waals surface area contributed by atoms with E-state index in [0.29, 0.717) is 12.6 Å². The number of hydrogen-bond acceptors (Lipinski definition) is 3. The van der Waals surface area contributed by atoms with Crippen LogP contribution in [0.5, 0.6) is 0 Å². The summed E-state index contributed by atoms with van der Waals surface area (Å²) in [7, 11) is 0. The van der Waals surface area contributed by atoms with Crippen molar-refractivity contribution in [3.63, 3.8) is 0 Å². The van der Waals surface area contributed by atoms with Gasteiger partial charge in [0.15, 0.2) is 0 Å². The molecule has 0 bridgehead atoms. The summed E-state index contributed by atoms with van der Waals surface area (Å²) in [5.41, 5.74) is -0.00583. The summed E-state index contributed by atoms with van der Waals surface area (Å²) in [5.74, 6) is 0. The van der Waals surface area contributed by atoms with Gasteiger partial charge >= 0.3 is 0 Å². The van der Waals surface area contributed by atoms with Crippen molar-refractivity contribution >= 4 is 0 Å². The van der Waals surface area contributed by atoms with Crippen LogP contribution >= 0.6 is 0 Å². The van der Waals surface area contributed by atoms with Crippen LogP contribution in [0.15, 0.2) is 0 Å². The zero-order valence-corrected chi connectivity index (χ0v) is 9.62. The molecule has 1 heterocycles. The smallest absolute Gasteiger partial charge is 0.0705 e. The number of aliphatic hydroxyl groups excluding tert-OH is 1. The molecule has 0 radical (unpaired) electrons. The molecule has 0 spiro atoms. The highest BCUT2D eigenvalue weighted by Crippen LogP contribution is 2.26. The lowest BCUT2D eigenvalue weighted by Crippen LogP contribution is -2.46. The van der Waals surface area contributed by atoms with E-state index in [-0.39, 0.29) is 12.2 Å². The molecule has 0 aromatic heterocycles. The molecule has 0 atom stereocenters. The maximum Gasteiger partial charge on any atom is 0.0705 e. The lowest BCUT2D eigenvalue weighted by atomic mass is 9.92. The van der Waals surface area contributed by atoms with E-state index < -0.39 is 0 Å². The molecule has 0 aliphatic carbocycles. The second-order valence-electron chi connectivity index (χ2n) is 4.65. The summed E-state index contributed by atoms with van der Waals surface area (Å²) in [5, 5.41) is 8.72. The highest BCUT2D eigenvalue weighted by Gasteiger charge is 2.31. The zero-order chi connectivity index (χ0) is 10.6. The van der Waals surface area contributed by atoms with Crippen LogP contribution in [0.1, 0.15) is 33.6 Å². The standard InChI is InChI=1S/C11H23NO2/c1-10(2)12-6-4-11(3,5-7-12)14-9-8-13/h10,13H,4-9H2,1-3H3. The van der Waals surface area contributed by atoms with Gasteiger partial charge in [-0.15, -0.1) is 0 Å². The Kier molecular flexibility index (Phi) is 4.35. The topological polar surface area (TPSA) is 32.7 Å². The van der Waals surface area contributed by atoms with Crippen molar-refractivity contribution in [1.82, 2.24) is 4.90 Å². The van der Waals surface area contributed by atoms with Gasteiger partial charge in [0.2, 0.25) is 0 Å². The van der Waals surface area contributed by atoms with Gasteiger partial charge in [0.05, 0.1) is 18.8 Å². The van der Waals surface area contributed by atoms with E-state index in [1.807, 2.05) is 0 Å². The average Bonchev–Trinajstić information content (AvgIpc) is 2.16. The quantitative estimate of drug-likeness (QED) is 0.743. The number of ether oxygens (including phenoxy) is 1. The molecule has 0 aromatic rings. The van der Waals surface area contributed by atoms with E-state index >= 15 is 0 Å². The van der Waals surface area contributed by atoms with Gasteiger partial charge in [0.25, 0.3) is 0 Å². The number of likely N-dealkylation sites (tertiary alicyclic amines) is 1. The number of rotatable bonds is 4. The molecule has 0 unspecified atom stereocenters. The van der Waals surface area contributed by atoms with Crippen molar-refractivity contribution in [3.05, 3.63) is 0 Å². The Bertz CT molecular complexity index is 163. The molecule has 1 aliphatic rings. The fraction of sp³-hybridized carbons (Fsp3) is 1.00. The summed E-state index contributed by atoms with van der Waals surface area (Å²) >= 11 is 0. The van der Waals surface area contributed by atoms with Crippen molar-refractivity contribution in [3.8, 4) is 0 Å². The SMILES string of the molecule is CC(C)N1CCC(C)(OCCO)CC1. The first-order valence-electron chi connectivity index (χ1n) is 5.56. The number of piperidine rings is 1.